The number of benzene rings is 1. The average Bonchev–Trinajstić information content (AvgIpc) is 3.19. The van der Waals surface area contributed by atoms with Crippen molar-refractivity contribution in [2.75, 3.05) is 51.5 Å². The number of hydrogen-bond acceptors (Lipinski definition) is 4. The van der Waals surface area contributed by atoms with Crippen LogP contribution in [0.2, 0.25) is 0 Å². The number of ether oxygens (including phenoxy) is 2. The highest BCUT2D eigenvalue weighted by atomic mass is 127. The van der Waals surface area contributed by atoms with Crippen LogP contribution in [0, 0.1) is 5.92 Å². The topological polar surface area (TPSA) is 75.2 Å². The SMILES string of the molecule is CN=C(NCCCOCC1CCOCC1)NCc1ccc(N2CCCC2=O)cc1.I. The first-order valence-electron chi connectivity index (χ1n) is 10.8. The number of anilines is 1. The van der Waals surface area contributed by atoms with Gasteiger partial charge in [-0.15, -0.1) is 24.0 Å². The van der Waals surface area contributed by atoms with Crippen LogP contribution in [0.5, 0.6) is 0 Å². The van der Waals surface area contributed by atoms with Gasteiger partial charge in [0.2, 0.25) is 5.91 Å². The molecule has 1 amide bonds. The highest BCUT2D eigenvalue weighted by Gasteiger charge is 2.21. The first kappa shape index (κ1) is 24.9. The minimum Gasteiger partial charge on any atom is -0.381 e. The molecule has 7 nitrogen and oxygen atoms in total. The van der Waals surface area contributed by atoms with E-state index < -0.39 is 0 Å². The largest absolute Gasteiger partial charge is 0.381 e. The molecule has 3 rings (SSSR count). The second-order valence-corrected chi connectivity index (χ2v) is 7.65. The van der Waals surface area contributed by atoms with Gasteiger partial charge in [0.25, 0.3) is 0 Å². The van der Waals surface area contributed by atoms with Gasteiger partial charge >= 0.3 is 0 Å². The first-order valence-corrected chi connectivity index (χ1v) is 10.8. The Kier molecular flexibility index (Phi) is 11.5. The fourth-order valence-electron chi connectivity index (χ4n) is 3.67. The quantitative estimate of drug-likeness (QED) is 0.222. The van der Waals surface area contributed by atoms with E-state index in [0.717, 1.165) is 82.4 Å². The van der Waals surface area contributed by atoms with E-state index >= 15 is 0 Å². The number of rotatable bonds is 9. The highest BCUT2D eigenvalue weighted by molar-refractivity contribution is 14.0. The molecule has 2 N–H and O–H groups in total. The zero-order chi connectivity index (χ0) is 20.3. The van der Waals surface area contributed by atoms with Crippen LogP contribution < -0.4 is 15.5 Å². The Morgan fingerprint density at radius 2 is 2.00 bits per heavy atom. The van der Waals surface area contributed by atoms with Crippen molar-refractivity contribution in [2.24, 2.45) is 10.9 Å². The summed E-state index contributed by atoms with van der Waals surface area (Å²) in [6.45, 7) is 5.68. The normalized spacial score (nSPS) is 17.7. The Hall–Kier alpha value is -1.39. The predicted molar refractivity (Wildman–Crippen MR) is 131 cm³/mol. The summed E-state index contributed by atoms with van der Waals surface area (Å²) < 4.78 is 11.2. The van der Waals surface area contributed by atoms with Crippen molar-refractivity contribution < 1.29 is 14.3 Å². The van der Waals surface area contributed by atoms with E-state index in [1.807, 2.05) is 17.0 Å². The van der Waals surface area contributed by atoms with E-state index in [0.29, 0.717) is 18.9 Å². The van der Waals surface area contributed by atoms with Crippen molar-refractivity contribution in [2.45, 2.75) is 38.6 Å². The zero-order valence-electron chi connectivity index (χ0n) is 17.9. The molecule has 168 valence electrons. The Morgan fingerprint density at radius 1 is 1.23 bits per heavy atom. The van der Waals surface area contributed by atoms with Gasteiger partial charge < -0.3 is 25.0 Å². The molecule has 2 aliphatic rings. The number of carbonyl (C=O) groups is 1. The minimum absolute atomic E-state index is 0. The maximum absolute atomic E-state index is 11.8. The van der Waals surface area contributed by atoms with E-state index in [2.05, 4.69) is 27.8 Å². The molecule has 0 saturated carbocycles. The molecule has 0 spiro atoms. The molecular weight excluding hydrogens is 495 g/mol. The molecule has 2 saturated heterocycles. The van der Waals surface area contributed by atoms with Crippen LogP contribution in [0.25, 0.3) is 0 Å². The second-order valence-electron chi connectivity index (χ2n) is 7.65. The summed E-state index contributed by atoms with van der Waals surface area (Å²) in [5.41, 5.74) is 2.14. The van der Waals surface area contributed by atoms with Crippen molar-refractivity contribution in [1.82, 2.24) is 10.6 Å². The average molecular weight is 530 g/mol. The number of aliphatic imine (C=N–C) groups is 1. The maximum atomic E-state index is 11.8. The zero-order valence-corrected chi connectivity index (χ0v) is 20.2. The fourth-order valence-corrected chi connectivity index (χ4v) is 3.67. The molecule has 0 aliphatic carbocycles. The van der Waals surface area contributed by atoms with Gasteiger partial charge in [-0.1, -0.05) is 12.1 Å². The van der Waals surface area contributed by atoms with Crippen molar-refractivity contribution in [1.29, 1.82) is 0 Å². The molecule has 2 fully saturated rings. The maximum Gasteiger partial charge on any atom is 0.227 e. The van der Waals surface area contributed by atoms with E-state index in [1.165, 1.54) is 0 Å². The highest BCUT2D eigenvalue weighted by Crippen LogP contribution is 2.21. The van der Waals surface area contributed by atoms with Gasteiger partial charge in [-0.05, 0) is 49.3 Å². The summed E-state index contributed by atoms with van der Waals surface area (Å²) in [4.78, 5) is 18.0. The number of hydrogen-bond donors (Lipinski definition) is 2. The molecule has 0 radical (unpaired) electrons. The predicted octanol–water partition coefficient (Wildman–Crippen LogP) is 2.93. The lowest BCUT2D eigenvalue weighted by atomic mass is 10.0. The van der Waals surface area contributed by atoms with E-state index in [1.54, 1.807) is 7.05 Å². The monoisotopic (exact) mass is 530 g/mol. The van der Waals surface area contributed by atoms with Gasteiger partial charge in [-0.3, -0.25) is 9.79 Å². The number of nitrogens with one attached hydrogen (secondary N) is 2. The lowest BCUT2D eigenvalue weighted by Crippen LogP contribution is -2.37. The van der Waals surface area contributed by atoms with Crippen LogP contribution in [0.3, 0.4) is 0 Å². The second kappa shape index (κ2) is 13.8. The minimum atomic E-state index is 0. The summed E-state index contributed by atoms with van der Waals surface area (Å²) in [6, 6.07) is 8.16. The summed E-state index contributed by atoms with van der Waals surface area (Å²) in [7, 11) is 1.78. The summed E-state index contributed by atoms with van der Waals surface area (Å²) in [5.74, 6) is 1.66. The van der Waals surface area contributed by atoms with Gasteiger partial charge in [0.15, 0.2) is 5.96 Å². The smallest absolute Gasteiger partial charge is 0.227 e. The molecule has 0 atom stereocenters. The summed E-state index contributed by atoms with van der Waals surface area (Å²) >= 11 is 0. The Bertz CT molecular complexity index is 663. The van der Waals surface area contributed by atoms with Gasteiger partial charge in [-0.2, -0.15) is 0 Å². The summed E-state index contributed by atoms with van der Waals surface area (Å²) in [6.07, 6.45) is 4.79. The third-order valence-corrected chi connectivity index (χ3v) is 5.46. The van der Waals surface area contributed by atoms with Crippen LogP contribution in [0.4, 0.5) is 5.69 Å². The standard InChI is InChI=1S/C22H34N4O3.HI/c1-23-22(24-11-3-13-29-17-19-9-14-28-15-10-19)25-16-18-5-7-20(8-6-18)26-12-2-4-21(26)27;/h5-8,19H,2-4,9-17H2,1H3,(H2,23,24,25);1H. The lowest BCUT2D eigenvalue weighted by molar-refractivity contribution is -0.117. The van der Waals surface area contributed by atoms with Crippen molar-refractivity contribution >= 4 is 41.5 Å². The molecule has 0 unspecified atom stereocenters. The molecule has 0 bridgehead atoms. The Labute approximate surface area is 197 Å². The Balaban J connectivity index is 0.00000320. The number of guanidine groups is 1. The van der Waals surface area contributed by atoms with Crippen LogP contribution in [-0.4, -0.2) is 58.4 Å². The van der Waals surface area contributed by atoms with Gasteiger partial charge in [0.05, 0.1) is 0 Å². The molecule has 8 heteroatoms. The van der Waals surface area contributed by atoms with E-state index in [-0.39, 0.29) is 29.9 Å². The third-order valence-electron chi connectivity index (χ3n) is 5.46. The molecule has 30 heavy (non-hydrogen) atoms. The van der Waals surface area contributed by atoms with Crippen molar-refractivity contribution in [3.63, 3.8) is 0 Å². The number of halogens is 1. The van der Waals surface area contributed by atoms with E-state index in [9.17, 15) is 4.79 Å². The van der Waals surface area contributed by atoms with Gasteiger partial charge in [-0.25, -0.2) is 0 Å². The van der Waals surface area contributed by atoms with Crippen molar-refractivity contribution in [3.05, 3.63) is 29.8 Å². The van der Waals surface area contributed by atoms with Crippen LogP contribution >= 0.6 is 24.0 Å². The molecular formula is C22H35IN4O3. The Morgan fingerprint density at radius 3 is 2.67 bits per heavy atom. The van der Waals surface area contributed by atoms with Crippen LogP contribution in [0.15, 0.2) is 29.3 Å². The molecule has 1 aromatic carbocycles. The third kappa shape index (κ3) is 8.03. The van der Waals surface area contributed by atoms with Crippen molar-refractivity contribution in [3.8, 4) is 0 Å². The van der Waals surface area contributed by atoms with Crippen LogP contribution in [-0.2, 0) is 20.8 Å². The summed E-state index contributed by atoms with van der Waals surface area (Å²) in [5, 5.41) is 6.66. The van der Waals surface area contributed by atoms with E-state index in [4.69, 9.17) is 9.47 Å². The molecule has 2 heterocycles. The molecule has 0 aromatic heterocycles. The lowest BCUT2D eigenvalue weighted by Gasteiger charge is -2.21. The van der Waals surface area contributed by atoms with Gasteiger partial charge in [0, 0.05) is 65.2 Å². The first-order chi connectivity index (χ1) is 14.3. The number of carbonyl (C=O) groups excluding carboxylic acids is 1. The van der Waals surface area contributed by atoms with Crippen LogP contribution in [0.1, 0.15) is 37.7 Å². The van der Waals surface area contributed by atoms with Gasteiger partial charge in [0.1, 0.15) is 0 Å². The number of nitrogens with zero attached hydrogens (tertiary/aromatic N) is 2. The fraction of sp³-hybridized carbons (Fsp3) is 0.636. The molecule has 2 aliphatic heterocycles. The number of amides is 1. The molecule has 1 aromatic rings.